The zero-order chi connectivity index (χ0) is 11.8. The number of rotatable bonds is 1. The summed E-state index contributed by atoms with van der Waals surface area (Å²) < 4.78 is 0. The molecule has 1 aromatic carbocycles. The van der Waals surface area contributed by atoms with Crippen LogP contribution < -0.4 is 5.73 Å². The van der Waals surface area contributed by atoms with Crippen molar-refractivity contribution in [1.82, 2.24) is 4.90 Å². The molecule has 2 aliphatic rings. The van der Waals surface area contributed by atoms with Gasteiger partial charge in [-0.25, -0.2) is 0 Å². The molecule has 1 saturated heterocycles. The van der Waals surface area contributed by atoms with Crippen LogP contribution in [-0.4, -0.2) is 24.0 Å². The molecule has 2 unspecified atom stereocenters. The van der Waals surface area contributed by atoms with E-state index in [2.05, 4.69) is 17.0 Å². The lowest BCUT2D eigenvalue weighted by Gasteiger charge is -2.35. The molecule has 0 bridgehead atoms. The van der Waals surface area contributed by atoms with E-state index in [1.54, 1.807) is 0 Å². The fourth-order valence-electron chi connectivity index (χ4n) is 3.27. The van der Waals surface area contributed by atoms with Gasteiger partial charge in [0.1, 0.15) is 0 Å². The molecule has 1 aliphatic heterocycles. The highest BCUT2D eigenvalue weighted by Gasteiger charge is 2.30. The average molecular weight is 251 g/mol. The van der Waals surface area contributed by atoms with Crippen LogP contribution in [0, 0.1) is 0 Å². The summed E-state index contributed by atoms with van der Waals surface area (Å²) in [6.07, 6.45) is 4.80. The molecule has 2 nitrogen and oxygen atoms in total. The molecule has 0 amide bonds. The van der Waals surface area contributed by atoms with E-state index in [1.165, 1.54) is 36.9 Å². The normalized spacial score (nSPS) is 29.3. The molecular formula is C14H19ClN2. The molecule has 3 rings (SSSR count). The number of aryl methyl sites for hydroxylation is 1. The zero-order valence-electron chi connectivity index (χ0n) is 10.0. The van der Waals surface area contributed by atoms with Crippen molar-refractivity contribution in [2.45, 2.75) is 37.8 Å². The van der Waals surface area contributed by atoms with Gasteiger partial charge >= 0.3 is 0 Å². The molecule has 1 aliphatic carbocycles. The van der Waals surface area contributed by atoms with Gasteiger partial charge in [-0.15, -0.1) is 0 Å². The number of fused-ring (bicyclic) bond motifs is 1. The molecule has 3 heteroatoms. The van der Waals surface area contributed by atoms with Crippen LogP contribution >= 0.6 is 11.6 Å². The number of likely N-dealkylation sites (tertiary alicyclic amines) is 1. The van der Waals surface area contributed by atoms with Crippen LogP contribution in [0.5, 0.6) is 0 Å². The largest absolute Gasteiger partial charge is 0.327 e. The molecule has 0 aromatic heterocycles. The van der Waals surface area contributed by atoms with Gasteiger partial charge in [0.05, 0.1) is 0 Å². The van der Waals surface area contributed by atoms with Gasteiger partial charge in [0, 0.05) is 23.7 Å². The number of benzene rings is 1. The summed E-state index contributed by atoms with van der Waals surface area (Å²) in [6, 6.07) is 7.28. The van der Waals surface area contributed by atoms with E-state index >= 15 is 0 Å². The van der Waals surface area contributed by atoms with Crippen LogP contribution in [0.2, 0.25) is 5.02 Å². The summed E-state index contributed by atoms with van der Waals surface area (Å²) in [7, 11) is 0. The molecule has 17 heavy (non-hydrogen) atoms. The fourth-order valence-corrected chi connectivity index (χ4v) is 3.46. The van der Waals surface area contributed by atoms with Crippen molar-refractivity contribution < 1.29 is 0 Å². The first-order chi connectivity index (χ1) is 8.24. The van der Waals surface area contributed by atoms with E-state index in [-0.39, 0.29) is 0 Å². The maximum Gasteiger partial charge on any atom is 0.0408 e. The number of hydrogen-bond acceptors (Lipinski definition) is 2. The third-order valence-corrected chi connectivity index (χ3v) is 4.32. The standard InChI is InChI=1S/C14H19ClN2/c15-11-4-5-13-10(8-11)3-6-14(13)17-7-1-2-12(16)9-17/h4-5,8,12,14H,1-3,6-7,9,16H2. The monoisotopic (exact) mass is 250 g/mol. The Morgan fingerprint density at radius 3 is 3.00 bits per heavy atom. The summed E-state index contributed by atoms with van der Waals surface area (Å²) in [4.78, 5) is 2.56. The molecule has 0 spiro atoms. The number of halogens is 1. The number of hydrogen-bond donors (Lipinski definition) is 1. The second kappa shape index (κ2) is 4.60. The summed E-state index contributed by atoms with van der Waals surface area (Å²) in [5.41, 5.74) is 8.98. The van der Waals surface area contributed by atoms with Crippen LogP contribution in [0.3, 0.4) is 0 Å². The molecule has 2 atom stereocenters. The molecule has 92 valence electrons. The SMILES string of the molecule is NC1CCCN(C2CCc3cc(Cl)ccc32)C1. The second-order valence-electron chi connectivity index (χ2n) is 5.29. The van der Waals surface area contributed by atoms with Gasteiger partial charge in [-0.3, -0.25) is 4.90 Å². The third-order valence-electron chi connectivity index (χ3n) is 4.08. The predicted molar refractivity (Wildman–Crippen MR) is 71.3 cm³/mol. The Bertz CT molecular complexity index is 419. The topological polar surface area (TPSA) is 29.3 Å². The first kappa shape index (κ1) is 11.5. The van der Waals surface area contributed by atoms with Crippen LogP contribution in [0.4, 0.5) is 0 Å². The van der Waals surface area contributed by atoms with Gasteiger partial charge in [0.2, 0.25) is 0 Å². The Labute approximate surface area is 108 Å². The van der Waals surface area contributed by atoms with Gasteiger partial charge in [-0.1, -0.05) is 17.7 Å². The van der Waals surface area contributed by atoms with Crippen molar-refractivity contribution in [2.24, 2.45) is 5.73 Å². The maximum atomic E-state index is 6.07. The quantitative estimate of drug-likeness (QED) is 0.831. The van der Waals surface area contributed by atoms with Crippen molar-refractivity contribution in [3.63, 3.8) is 0 Å². The van der Waals surface area contributed by atoms with Crippen molar-refractivity contribution in [1.29, 1.82) is 0 Å². The summed E-state index contributed by atoms with van der Waals surface area (Å²) >= 11 is 6.05. The van der Waals surface area contributed by atoms with Crippen molar-refractivity contribution >= 4 is 11.6 Å². The summed E-state index contributed by atoms with van der Waals surface area (Å²) in [6.45, 7) is 2.24. The highest BCUT2D eigenvalue weighted by Crippen LogP contribution is 2.37. The summed E-state index contributed by atoms with van der Waals surface area (Å²) in [5.74, 6) is 0. The molecule has 0 saturated carbocycles. The lowest BCUT2D eigenvalue weighted by Crippen LogP contribution is -2.44. The van der Waals surface area contributed by atoms with Crippen LogP contribution in [0.1, 0.15) is 36.4 Å². The first-order valence-electron chi connectivity index (χ1n) is 6.52. The zero-order valence-corrected chi connectivity index (χ0v) is 10.8. The smallest absolute Gasteiger partial charge is 0.0408 e. The van der Waals surface area contributed by atoms with Crippen LogP contribution in [0.15, 0.2) is 18.2 Å². The summed E-state index contributed by atoms with van der Waals surface area (Å²) in [5, 5.41) is 0.861. The molecule has 0 radical (unpaired) electrons. The number of piperidine rings is 1. The van der Waals surface area contributed by atoms with Crippen molar-refractivity contribution in [3.8, 4) is 0 Å². The number of nitrogens with zero attached hydrogens (tertiary/aromatic N) is 1. The lowest BCUT2D eigenvalue weighted by molar-refractivity contribution is 0.149. The first-order valence-corrected chi connectivity index (χ1v) is 6.90. The van der Waals surface area contributed by atoms with Gasteiger partial charge in [-0.2, -0.15) is 0 Å². The van der Waals surface area contributed by atoms with E-state index in [1.807, 2.05) is 6.07 Å². The minimum atomic E-state index is 0.361. The average Bonchev–Trinajstić information content (AvgIpc) is 2.71. The van der Waals surface area contributed by atoms with E-state index in [0.29, 0.717) is 12.1 Å². The van der Waals surface area contributed by atoms with E-state index in [4.69, 9.17) is 17.3 Å². The lowest BCUT2D eigenvalue weighted by atomic mass is 10.0. The molecule has 2 N–H and O–H groups in total. The second-order valence-corrected chi connectivity index (χ2v) is 5.73. The molecule has 1 aromatic rings. The molecule has 1 heterocycles. The van der Waals surface area contributed by atoms with Gasteiger partial charge in [-0.05, 0) is 55.5 Å². The molecule has 1 fully saturated rings. The Morgan fingerprint density at radius 1 is 1.29 bits per heavy atom. The Hall–Kier alpha value is -0.570. The minimum absolute atomic E-state index is 0.361. The van der Waals surface area contributed by atoms with Gasteiger partial charge < -0.3 is 5.73 Å². The van der Waals surface area contributed by atoms with Gasteiger partial charge in [0.25, 0.3) is 0 Å². The van der Waals surface area contributed by atoms with E-state index in [0.717, 1.165) is 18.0 Å². The van der Waals surface area contributed by atoms with Crippen LogP contribution in [-0.2, 0) is 6.42 Å². The Kier molecular flexibility index (Phi) is 3.12. The van der Waals surface area contributed by atoms with Crippen molar-refractivity contribution in [3.05, 3.63) is 34.3 Å². The van der Waals surface area contributed by atoms with E-state index in [9.17, 15) is 0 Å². The predicted octanol–water partition coefficient (Wildman–Crippen LogP) is 2.75. The van der Waals surface area contributed by atoms with Gasteiger partial charge in [0.15, 0.2) is 0 Å². The Balaban J connectivity index is 1.83. The van der Waals surface area contributed by atoms with Crippen LogP contribution in [0.25, 0.3) is 0 Å². The van der Waals surface area contributed by atoms with E-state index < -0.39 is 0 Å². The highest BCUT2D eigenvalue weighted by molar-refractivity contribution is 6.30. The molecular weight excluding hydrogens is 232 g/mol. The Morgan fingerprint density at radius 2 is 2.18 bits per heavy atom. The van der Waals surface area contributed by atoms with Crippen molar-refractivity contribution in [2.75, 3.05) is 13.1 Å². The fraction of sp³-hybridized carbons (Fsp3) is 0.571. The highest BCUT2D eigenvalue weighted by atomic mass is 35.5. The third kappa shape index (κ3) is 2.22. The minimum Gasteiger partial charge on any atom is -0.327 e. The maximum absolute atomic E-state index is 6.07. The number of nitrogens with two attached hydrogens (primary N) is 1.